The molecule has 0 aliphatic carbocycles. The van der Waals surface area contributed by atoms with Crippen molar-refractivity contribution in [1.82, 2.24) is 9.55 Å². The van der Waals surface area contributed by atoms with Gasteiger partial charge in [-0.2, -0.15) is 0 Å². The van der Waals surface area contributed by atoms with Gasteiger partial charge in [0.05, 0.1) is 10.9 Å². The first-order chi connectivity index (χ1) is 7.24. The summed E-state index contributed by atoms with van der Waals surface area (Å²) in [4.78, 5) is 14.3. The number of rotatable bonds is 3. The van der Waals surface area contributed by atoms with Crippen LogP contribution in [0.1, 0.15) is 5.69 Å². The molecule has 0 aliphatic rings. The molecule has 0 aliphatic heterocycles. The molecule has 0 saturated carbocycles. The first-order valence-electron chi connectivity index (χ1n) is 4.71. The Bertz CT molecular complexity index is 503. The standard InChI is InChI=1S/C11H12N2O2/c1-8-7-9-10(13(8)2)3-4-12-11(9)15-6-5-14/h3-5,7H,6H2,1-2H3. The van der Waals surface area contributed by atoms with Crippen molar-refractivity contribution in [2.45, 2.75) is 6.92 Å². The van der Waals surface area contributed by atoms with Gasteiger partial charge in [0.25, 0.3) is 0 Å². The van der Waals surface area contributed by atoms with E-state index >= 15 is 0 Å². The van der Waals surface area contributed by atoms with Crippen molar-refractivity contribution in [2.75, 3.05) is 6.61 Å². The van der Waals surface area contributed by atoms with Crippen molar-refractivity contribution in [2.24, 2.45) is 7.05 Å². The van der Waals surface area contributed by atoms with E-state index in [4.69, 9.17) is 4.74 Å². The first-order valence-corrected chi connectivity index (χ1v) is 4.71. The monoisotopic (exact) mass is 204 g/mol. The summed E-state index contributed by atoms with van der Waals surface area (Å²) in [6, 6.07) is 3.93. The first kappa shape index (κ1) is 9.71. The Balaban J connectivity index is 2.55. The Morgan fingerprint density at radius 3 is 3.13 bits per heavy atom. The van der Waals surface area contributed by atoms with E-state index in [1.165, 1.54) is 0 Å². The van der Waals surface area contributed by atoms with Crippen LogP contribution in [-0.2, 0) is 11.8 Å². The zero-order valence-electron chi connectivity index (χ0n) is 8.73. The molecule has 0 bridgehead atoms. The Hall–Kier alpha value is -1.84. The smallest absolute Gasteiger partial charge is 0.223 e. The van der Waals surface area contributed by atoms with E-state index in [1.807, 2.05) is 26.1 Å². The van der Waals surface area contributed by atoms with Gasteiger partial charge in [0.2, 0.25) is 5.88 Å². The molecule has 2 rings (SSSR count). The number of hydrogen-bond donors (Lipinski definition) is 0. The Labute approximate surface area is 87.5 Å². The van der Waals surface area contributed by atoms with Gasteiger partial charge in [0.15, 0.2) is 6.29 Å². The molecule has 4 heteroatoms. The van der Waals surface area contributed by atoms with Crippen LogP contribution in [0.3, 0.4) is 0 Å². The van der Waals surface area contributed by atoms with Gasteiger partial charge in [-0.25, -0.2) is 4.98 Å². The summed E-state index contributed by atoms with van der Waals surface area (Å²) in [5.41, 5.74) is 2.19. The van der Waals surface area contributed by atoms with E-state index < -0.39 is 0 Å². The van der Waals surface area contributed by atoms with Crippen LogP contribution < -0.4 is 4.74 Å². The lowest BCUT2D eigenvalue weighted by atomic mass is 10.3. The topological polar surface area (TPSA) is 44.1 Å². The van der Waals surface area contributed by atoms with Crippen LogP contribution in [0.2, 0.25) is 0 Å². The SMILES string of the molecule is Cc1cc2c(OCC=O)nccc2n1C. The third kappa shape index (κ3) is 1.58. The summed E-state index contributed by atoms with van der Waals surface area (Å²) >= 11 is 0. The predicted octanol–water partition coefficient (Wildman–Crippen LogP) is 1.46. The highest BCUT2D eigenvalue weighted by Crippen LogP contribution is 2.25. The van der Waals surface area contributed by atoms with E-state index in [9.17, 15) is 4.79 Å². The fourth-order valence-corrected chi connectivity index (χ4v) is 1.60. The average Bonchev–Trinajstić information content (AvgIpc) is 2.53. The largest absolute Gasteiger partial charge is 0.469 e. The Morgan fingerprint density at radius 2 is 2.40 bits per heavy atom. The minimum atomic E-state index is 0.0417. The maximum Gasteiger partial charge on any atom is 0.223 e. The van der Waals surface area contributed by atoms with Crippen LogP contribution in [0, 0.1) is 6.92 Å². The van der Waals surface area contributed by atoms with Crippen molar-refractivity contribution >= 4 is 17.2 Å². The Kier molecular flexibility index (Phi) is 2.41. The summed E-state index contributed by atoms with van der Waals surface area (Å²) in [7, 11) is 1.99. The fourth-order valence-electron chi connectivity index (χ4n) is 1.60. The number of carbonyl (C=O) groups is 1. The average molecular weight is 204 g/mol. The van der Waals surface area contributed by atoms with Crippen LogP contribution in [0.5, 0.6) is 5.88 Å². The number of aryl methyl sites for hydroxylation is 2. The summed E-state index contributed by atoms with van der Waals surface area (Å²) < 4.78 is 7.30. The number of aldehydes is 1. The van der Waals surface area contributed by atoms with Gasteiger partial charge >= 0.3 is 0 Å². The van der Waals surface area contributed by atoms with Crippen LogP contribution in [-0.4, -0.2) is 22.4 Å². The minimum absolute atomic E-state index is 0.0417. The number of fused-ring (bicyclic) bond motifs is 1. The van der Waals surface area contributed by atoms with E-state index in [1.54, 1.807) is 6.20 Å². The second-order valence-electron chi connectivity index (χ2n) is 3.37. The molecule has 2 heterocycles. The molecule has 0 fully saturated rings. The van der Waals surface area contributed by atoms with Crippen molar-refractivity contribution < 1.29 is 9.53 Å². The van der Waals surface area contributed by atoms with Gasteiger partial charge < -0.3 is 9.30 Å². The quantitative estimate of drug-likeness (QED) is 0.711. The summed E-state index contributed by atoms with van der Waals surface area (Å²) in [6.07, 6.45) is 2.40. The molecular formula is C11H12N2O2. The van der Waals surface area contributed by atoms with E-state index in [2.05, 4.69) is 9.55 Å². The number of nitrogens with zero attached hydrogens (tertiary/aromatic N) is 2. The molecule has 0 unspecified atom stereocenters. The summed E-state index contributed by atoms with van der Waals surface area (Å²) in [5, 5.41) is 0.944. The maximum absolute atomic E-state index is 10.2. The lowest BCUT2D eigenvalue weighted by Crippen LogP contribution is -1.99. The zero-order chi connectivity index (χ0) is 10.8. The van der Waals surface area contributed by atoms with Crippen LogP contribution in [0.15, 0.2) is 18.3 Å². The van der Waals surface area contributed by atoms with E-state index in [0.717, 1.165) is 22.9 Å². The maximum atomic E-state index is 10.2. The third-order valence-electron chi connectivity index (χ3n) is 2.46. The molecule has 0 atom stereocenters. The molecule has 0 saturated heterocycles. The van der Waals surface area contributed by atoms with E-state index in [0.29, 0.717) is 5.88 Å². The Morgan fingerprint density at radius 1 is 1.60 bits per heavy atom. The minimum Gasteiger partial charge on any atom is -0.469 e. The van der Waals surface area contributed by atoms with Gasteiger partial charge in [-0.1, -0.05) is 0 Å². The third-order valence-corrected chi connectivity index (χ3v) is 2.46. The molecule has 0 amide bonds. The highest BCUT2D eigenvalue weighted by Gasteiger charge is 2.08. The molecule has 0 aromatic carbocycles. The van der Waals surface area contributed by atoms with Crippen molar-refractivity contribution in [3.63, 3.8) is 0 Å². The van der Waals surface area contributed by atoms with Gasteiger partial charge in [0.1, 0.15) is 6.61 Å². The summed E-state index contributed by atoms with van der Waals surface area (Å²) in [5.74, 6) is 0.517. The molecule has 4 nitrogen and oxygen atoms in total. The van der Waals surface area contributed by atoms with Crippen molar-refractivity contribution in [3.05, 3.63) is 24.0 Å². The molecule has 2 aromatic rings. The molecule has 2 aromatic heterocycles. The number of pyridine rings is 1. The highest BCUT2D eigenvalue weighted by molar-refractivity contribution is 5.85. The fraction of sp³-hybridized carbons (Fsp3) is 0.273. The molecule has 15 heavy (non-hydrogen) atoms. The highest BCUT2D eigenvalue weighted by atomic mass is 16.5. The van der Waals surface area contributed by atoms with Crippen LogP contribution in [0.25, 0.3) is 10.9 Å². The molecule has 0 spiro atoms. The van der Waals surface area contributed by atoms with Gasteiger partial charge in [-0.05, 0) is 19.1 Å². The molecule has 0 N–H and O–H groups in total. The number of hydrogen-bond acceptors (Lipinski definition) is 3. The summed E-state index contributed by atoms with van der Waals surface area (Å²) in [6.45, 7) is 2.06. The van der Waals surface area contributed by atoms with Crippen molar-refractivity contribution in [1.29, 1.82) is 0 Å². The lowest BCUT2D eigenvalue weighted by Gasteiger charge is -2.02. The molecule has 0 radical (unpaired) electrons. The normalized spacial score (nSPS) is 10.5. The number of aromatic nitrogens is 2. The molecular weight excluding hydrogens is 192 g/mol. The zero-order valence-corrected chi connectivity index (χ0v) is 8.73. The number of ether oxygens (including phenoxy) is 1. The van der Waals surface area contributed by atoms with Gasteiger partial charge in [0, 0.05) is 18.9 Å². The second kappa shape index (κ2) is 3.73. The van der Waals surface area contributed by atoms with Gasteiger partial charge in [-0.15, -0.1) is 0 Å². The second-order valence-corrected chi connectivity index (χ2v) is 3.37. The number of carbonyl (C=O) groups excluding carboxylic acids is 1. The lowest BCUT2D eigenvalue weighted by molar-refractivity contribution is -0.109. The van der Waals surface area contributed by atoms with Gasteiger partial charge in [-0.3, -0.25) is 4.79 Å². The molecule has 78 valence electrons. The van der Waals surface area contributed by atoms with E-state index in [-0.39, 0.29) is 6.61 Å². The predicted molar refractivity (Wildman–Crippen MR) is 57.0 cm³/mol. The van der Waals surface area contributed by atoms with Crippen molar-refractivity contribution in [3.8, 4) is 5.88 Å². The van der Waals surface area contributed by atoms with Crippen LogP contribution >= 0.6 is 0 Å². The van der Waals surface area contributed by atoms with Crippen LogP contribution in [0.4, 0.5) is 0 Å².